The quantitative estimate of drug-likeness (QED) is 0.504. The van der Waals surface area contributed by atoms with Crippen LogP contribution in [0.15, 0.2) is 58.5 Å². The molecule has 0 aliphatic carbocycles. The molecule has 7 nitrogen and oxygen atoms in total. The molecule has 0 radical (unpaired) electrons. The molecule has 3 aromatic rings. The molecular weight excluding hydrogens is 438 g/mol. The Balaban J connectivity index is 1.46. The number of piperidine rings is 1. The number of anilines is 1. The summed E-state index contributed by atoms with van der Waals surface area (Å²) in [6.45, 7) is 6.70. The van der Waals surface area contributed by atoms with Crippen molar-refractivity contribution in [2.75, 3.05) is 18.0 Å². The summed E-state index contributed by atoms with van der Waals surface area (Å²) in [5.41, 5.74) is 1.06. The number of hydrogen-bond donors (Lipinski definition) is 0. The largest absolute Gasteiger partial charge is 0.462 e. The van der Waals surface area contributed by atoms with Crippen LogP contribution < -0.4 is 4.90 Å². The zero-order chi connectivity index (χ0) is 23.4. The molecule has 174 valence electrons. The lowest BCUT2D eigenvalue weighted by Gasteiger charge is -2.39. The number of furan rings is 1. The molecule has 1 saturated heterocycles. The maximum atomic E-state index is 13.5. The van der Waals surface area contributed by atoms with Crippen LogP contribution in [0.4, 0.5) is 10.5 Å². The van der Waals surface area contributed by atoms with Gasteiger partial charge in [-0.25, -0.2) is 9.78 Å². The predicted molar refractivity (Wildman–Crippen MR) is 128 cm³/mol. The first-order valence-corrected chi connectivity index (χ1v) is 12.0. The minimum absolute atomic E-state index is 0.00164. The Bertz CT molecular complexity index is 1060. The molecule has 8 heteroatoms. The van der Waals surface area contributed by atoms with Crippen LogP contribution in [0.1, 0.15) is 39.3 Å². The van der Waals surface area contributed by atoms with Crippen molar-refractivity contribution in [2.24, 2.45) is 0 Å². The number of amides is 2. The van der Waals surface area contributed by atoms with E-state index < -0.39 is 5.60 Å². The Hall–Kier alpha value is -3.13. The van der Waals surface area contributed by atoms with Crippen LogP contribution in [-0.2, 0) is 16.0 Å². The summed E-state index contributed by atoms with van der Waals surface area (Å²) in [6.07, 6.45) is 2.90. The van der Waals surface area contributed by atoms with Crippen LogP contribution in [-0.4, -0.2) is 46.6 Å². The fourth-order valence-corrected chi connectivity index (χ4v) is 4.71. The molecule has 0 N–H and O–H groups in total. The molecule has 2 amide bonds. The summed E-state index contributed by atoms with van der Waals surface area (Å²) in [4.78, 5) is 34.1. The first-order valence-electron chi connectivity index (χ1n) is 11.1. The lowest BCUT2D eigenvalue weighted by atomic mass is 10.0. The molecular formula is C25H29N3O4S. The minimum atomic E-state index is -0.526. The highest BCUT2D eigenvalue weighted by Gasteiger charge is 2.32. The van der Waals surface area contributed by atoms with Crippen molar-refractivity contribution < 1.29 is 18.7 Å². The van der Waals surface area contributed by atoms with E-state index in [2.05, 4.69) is 4.98 Å². The number of thiazole rings is 1. The number of hydrogen-bond acceptors (Lipinski definition) is 6. The smallest absolute Gasteiger partial charge is 0.410 e. The van der Waals surface area contributed by atoms with Gasteiger partial charge >= 0.3 is 6.09 Å². The number of para-hydroxylation sites is 1. The number of likely N-dealkylation sites (tertiary alicyclic amines) is 1. The fraction of sp³-hybridized carbons (Fsp3) is 0.400. The van der Waals surface area contributed by atoms with Gasteiger partial charge in [0.1, 0.15) is 5.60 Å². The highest BCUT2D eigenvalue weighted by molar-refractivity contribution is 7.13. The van der Waals surface area contributed by atoms with Crippen LogP contribution in [0.25, 0.3) is 10.8 Å². The molecule has 1 aliphatic heterocycles. The molecule has 1 aliphatic rings. The topological polar surface area (TPSA) is 75.9 Å². The fourth-order valence-electron chi connectivity index (χ4n) is 3.92. The highest BCUT2D eigenvalue weighted by atomic mass is 32.1. The number of carbonyl (C=O) groups excluding carboxylic acids is 2. The average molecular weight is 468 g/mol. The molecule has 0 atom stereocenters. The molecule has 33 heavy (non-hydrogen) atoms. The van der Waals surface area contributed by atoms with Crippen LogP contribution in [0.3, 0.4) is 0 Å². The van der Waals surface area contributed by atoms with Crippen molar-refractivity contribution >= 4 is 29.0 Å². The molecule has 1 fully saturated rings. The predicted octanol–water partition coefficient (Wildman–Crippen LogP) is 5.38. The SMILES string of the molecule is CC(C)(C)OC(=O)N1CCC(N(C(=O)Cc2csc(-c3ccco3)n2)c2ccccc2)CC1. The summed E-state index contributed by atoms with van der Waals surface area (Å²) in [7, 11) is 0. The van der Waals surface area contributed by atoms with E-state index in [0.29, 0.717) is 31.7 Å². The van der Waals surface area contributed by atoms with Gasteiger partial charge in [-0.05, 0) is 57.9 Å². The second-order valence-electron chi connectivity index (χ2n) is 9.10. The van der Waals surface area contributed by atoms with Crippen molar-refractivity contribution in [1.82, 2.24) is 9.88 Å². The summed E-state index contributed by atoms with van der Waals surface area (Å²) < 4.78 is 10.9. The van der Waals surface area contributed by atoms with Gasteiger partial charge in [-0.15, -0.1) is 11.3 Å². The summed E-state index contributed by atoms with van der Waals surface area (Å²) >= 11 is 1.47. The van der Waals surface area contributed by atoms with Crippen LogP contribution in [0.2, 0.25) is 0 Å². The molecule has 1 aromatic carbocycles. The Morgan fingerprint density at radius 1 is 1.15 bits per heavy atom. The van der Waals surface area contributed by atoms with E-state index in [-0.39, 0.29) is 24.5 Å². The molecule has 0 saturated carbocycles. The maximum Gasteiger partial charge on any atom is 0.410 e. The average Bonchev–Trinajstić information content (AvgIpc) is 3.46. The number of nitrogens with zero attached hydrogens (tertiary/aromatic N) is 3. The van der Waals surface area contributed by atoms with Crippen molar-refractivity contribution in [1.29, 1.82) is 0 Å². The molecule has 3 heterocycles. The zero-order valence-corrected chi connectivity index (χ0v) is 20.0. The second kappa shape index (κ2) is 9.79. The van der Waals surface area contributed by atoms with Gasteiger partial charge in [0.25, 0.3) is 0 Å². The number of benzene rings is 1. The van der Waals surface area contributed by atoms with E-state index in [1.54, 1.807) is 11.2 Å². The third-order valence-electron chi connectivity index (χ3n) is 5.40. The monoisotopic (exact) mass is 467 g/mol. The molecule has 0 unspecified atom stereocenters. The molecule has 0 spiro atoms. The first-order chi connectivity index (χ1) is 15.8. The standard InChI is InChI=1S/C25H29N3O4S/c1-25(2,3)32-24(30)27-13-11-20(12-14-27)28(19-8-5-4-6-9-19)22(29)16-18-17-33-23(26-18)21-10-7-15-31-21/h4-10,15,17,20H,11-14,16H2,1-3H3. The third-order valence-corrected chi connectivity index (χ3v) is 6.31. The lowest BCUT2D eigenvalue weighted by Crippen LogP contribution is -2.50. The first kappa shape index (κ1) is 23.0. The molecule has 4 rings (SSSR count). The van der Waals surface area contributed by atoms with Crippen molar-refractivity contribution in [3.8, 4) is 10.8 Å². The lowest BCUT2D eigenvalue weighted by molar-refractivity contribution is -0.118. The summed E-state index contributed by atoms with van der Waals surface area (Å²) in [5, 5.41) is 2.67. The number of ether oxygens (including phenoxy) is 1. The van der Waals surface area contributed by atoms with Gasteiger partial charge in [-0.1, -0.05) is 18.2 Å². The molecule has 0 bridgehead atoms. The Labute approximate surface area is 198 Å². The van der Waals surface area contributed by atoms with Crippen molar-refractivity contribution in [2.45, 2.75) is 51.7 Å². The normalized spacial score (nSPS) is 14.8. The van der Waals surface area contributed by atoms with Crippen LogP contribution >= 0.6 is 11.3 Å². The minimum Gasteiger partial charge on any atom is -0.462 e. The number of carbonyl (C=O) groups is 2. The van der Waals surface area contributed by atoms with Gasteiger partial charge < -0.3 is 19.0 Å². The second-order valence-corrected chi connectivity index (χ2v) is 9.95. The van der Waals surface area contributed by atoms with Gasteiger partial charge in [0.15, 0.2) is 10.8 Å². The van der Waals surface area contributed by atoms with Gasteiger partial charge in [-0.3, -0.25) is 4.79 Å². The maximum absolute atomic E-state index is 13.5. The Morgan fingerprint density at radius 2 is 1.88 bits per heavy atom. The van der Waals surface area contributed by atoms with Gasteiger partial charge in [0, 0.05) is 30.2 Å². The van der Waals surface area contributed by atoms with E-state index >= 15 is 0 Å². The third kappa shape index (κ3) is 5.82. The Kier molecular flexibility index (Phi) is 6.83. The van der Waals surface area contributed by atoms with Gasteiger partial charge in [0.2, 0.25) is 5.91 Å². The summed E-state index contributed by atoms with van der Waals surface area (Å²) in [5.74, 6) is 0.696. The van der Waals surface area contributed by atoms with E-state index in [1.165, 1.54) is 11.3 Å². The molecule has 2 aromatic heterocycles. The van der Waals surface area contributed by atoms with E-state index in [9.17, 15) is 9.59 Å². The van der Waals surface area contributed by atoms with Crippen molar-refractivity contribution in [3.63, 3.8) is 0 Å². The van der Waals surface area contributed by atoms with E-state index in [1.807, 2.05) is 73.5 Å². The van der Waals surface area contributed by atoms with E-state index in [0.717, 1.165) is 16.4 Å². The van der Waals surface area contributed by atoms with Crippen molar-refractivity contribution in [3.05, 3.63) is 59.8 Å². The van der Waals surface area contributed by atoms with E-state index in [4.69, 9.17) is 9.15 Å². The van der Waals surface area contributed by atoms with Crippen LogP contribution in [0, 0.1) is 0 Å². The van der Waals surface area contributed by atoms with Gasteiger partial charge in [-0.2, -0.15) is 0 Å². The zero-order valence-electron chi connectivity index (χ0n) is 19.2. The number of rotatable bonds is 5. The van der Waals surface area contributed by atoms with Gasteiger partial charge in [0.05, 0.1) is 18.4 Å². The summed E-state index contributed by atoms with van der Waals surface area (Å²) in [6, 6.07) is 13.4. The number of aromatic nitrogens is 1. The van der Waals surface area contributed by atoms with Crippen LogP contribution in [0.5, 0.6) is 0 Å². The Morgan fingerprint density at radius 3 is 2.52 bits per heavy atom. The highest BCUT2D eigenvalue weighted by Crippen LogP contribution is 2.28.